The minimum Gasteiger partial charge on any atom is -0.0939 e. The Morgan fingerprint density at radius 3 is 0.864 bits per heavy atom. The molecule has 2 unspecified atom stereocenters. The molecule has 0 rings (SSSR count). The third-order valence-electron chi connectivity index (χ3n) is 6.62. The van der Waals surface area contributed by atoms with E-state index in [2.05, 4.69) is 77.0 Å². The zero-order valence-corrected chi connectivity index (χ0v) is 20.3. The van der Waals surface area contributed by atoms with Gasteiger partial charge in [-0.05, 0) is 12.8 Å². The Hall–Kier alpha value is 1.13. The van der Waals surface area contributed by atoms with Crippen LogP contribution in [-0.4, -0.2) is 25.9 Å². The van der Waals surface area contributed by atoms with Crippen LogP contribution in [0.5, 0.6) is 0 Å². The van der Waals surface area contributed by atoms with Gasteiger partial charge in [0.15, 0.2) is 0 Å². The van der Waals surface area contributed by atoms with Gasteiger partial charge in [-0.1, -0.05) is 113 Å². The molecule has 0 aromatic heterocycles. The van der Waals surface area contributed by atoms with Gasteiger partial charge in [0.05, 0.1) is 16.1 Å². The van der Waals surface area contributed by atoms with Crippen LogP contribution >= 0.6 is 21.6 Å². The first-order valence-electron chi connectivity index (χ1n) is 9.81. The summed E-state index contributed by atoms with van der Waals surface area (Å²) in [5.74, 6) is 0. The van der Waals surface area contributed by atoms with Gasteiger partial charge in [0.2, 0.25) is 0 Å². The van der Waals surface area contributed by atoms with E-state index in [1.54, 1.807) is 0 Å². The van der Waals surface area contributed by atoms with Crippen LogP contribution in [0.15, 0.2) is 0 Å². The van der Waals surface area contributed by atoms with Crippen molar-refractivity contribution in [1.29, 1.82) is 0 Å². The lowest BCUT2D eigenvalue weighted by atomic mass is 10.6. The highest BCUT2D eigenvalue weighted by Crippen LogP contribution is 2.46. The van der Waals surface area contributed by atoms with E-state index < -0.39 is 16.1 Å². The van der Waals surface area contributed by atoms with Crippen LogP contribution in [0.1, 0.15) is 68.2 Å². The maximum absolute atomic E-state index is 2.47. The Labute approximate surface area is 151 Å². The van der Waals surface area contributed by atoms with E-state index >= 15 is 0 Å². The van der Waals surface area contributed by atoms with Crippen LogP contribution in [0, 0.1) is 0 Å². The van der Waals surface area contributed by atoms with Crippen molar-refractivity contribution < 1.29 is 0 Å². The molecular formula is C18H42S2Si2. The first-order valence-corrected chi connectivity index (χ1v) is 17.5. The molecule has 2 atom stereocenters. The van der Waals surface area contributed by atoms with Crippen molar-refractivity contribution in [1.82, 2.24) is 0 Å². The first kappa shape index (κ1) is 23.1. The monoisotopic (exact) mass is 378 g/mol. The fourth-order valence-electron chi connectivity index (χ4n) is 4.21. The van der Waals surface area contributed by atoms with Crippen LogP contribution in [0.3, 0.4) is 0 Å². The Kier molecular flexibility index (Phi) is 12.2. The molecule has 134 valence electrons. The minimum absolute atomic E-state index is 0.962. The summed E-state index contributed by atoms with van der Waals surface area (Å²) in [6, 6.07) is 8.84. The average molecular weight is 379 g/mol. The lowest BCUT2D eigenvalue weighted by molar-refractivity contribution is 0.957. The van der Waals surface area contributed by atoms with Gasteiger partial charge in [0, 0.05) is 9.75 Å². The first-order chi connectivity index (χ1) is 10.5. The molecule has 0 amide bonds. The van der Waals surface area contributed by atoms with Gasteiger partial charge in [-0.2, -0.15) is 0 Å². The number of hydrogen-bond donors (Lipinski definition) is 0. The van der Waals surface area contributed by atoms with E-state index in [9.17, 15) is 0 Å². The van der Waals surface area contributed by atoms with E-state index in [1.165, 1.54) is 49.1 Å². The summed E-state index contributed by atoms with van der Waals surface area (Å²) in [5.41, 5.74) is 0. The van der Waals surface area contributed by atoms with Crippen LogP contribution in [-0.2, 0) is 0 Å². The van der Waals surface area contributed by atoms with Crippen molar-refractivity contribution in [2.24, 2.45) is 0 Å². The molecule has 0 aliphatic rings. The molecule has 0 heterocycles. The molecule has 0 radical (unpaired) electrons. The lowest BCUT2D eigenvalue weighted by Crippen LogP contribution is -2.45. The predicted molar refractivity (Wildman–Crippen MR) is 118 cm³/mol. The fraction of sp³-hybridized carbons (Fsp3) is 1.00. The second-order valence-electron chi connectivity index (χ2n) is 6.83. The number of rotatable bonds is 13. The van der Waals surface area contributed by atoms with Crippen LogP contribution in [0.4, 0.5) is 0 Å². The average Bonchev–Trinajstić information content (AvgIpc) is 2.58. The lowest BCUT2D eigenvalue weighted by Gasteiger charge is -2.40. The van der Waals surface area contributed by atoms with Crippen molar-refractivity contribution in [2.75, 3.05) is 0 Å². The van der Waals surface area contributed by atoms with Gasteiger partial charge in [-0.25, -0.2) is 0 Å². The van der Waals surface area contributed by atoms with Crippen LogP contribution in [0.25, 0.3) is 0 Å². The molecule has 0 nitrogen and oxygen atoms in total. The van der Waals surface area contributed by atoms with Gasteiger partial charge in [-0.15, -0.1) is 0 Å². The van der Waals surface area contributed by atoms with Gasteiger partial charge >= 0.3 is 0 Å². The smallest absolute Gasteiger partial charge is 0.0681 e. The van der Waals surface area contributed by atoms with Gasteiger partial charge in [0.1, 0.15) is 0 Å². The zero-order chi connectivity index (χ0) is 17.2. The Morgan fingerprint density at radius 2 is 0.727 bits per heavy atom. The second-order valence-corrected chi connectivity index (χ2v) is 21.4. The summed E-state index contributed by atoms with van der Waals surface area (Å²) in [6.45, 7) is 19.7. The largest absolute Gasteiger partial charge is 0.0939 e. The van der Waals surface area contributed by atoms with Crippen LogP contribution < -0.4 is 0 Å². The Balaban J connectivity index is 5.04. The molecule has 22 heavy (non-hydrogen) atoms. The summed E-state index contributed by atoms with van der Waals surface area (Å²) in [6.07, 6.45) is 2.77. The molecule has 0 saturated heterocycles. The molecule has 0 spiro atoms. The third-order valence-corrected chi connectivity index (χ3v) is 26.3. The topological polar surface area (TPSA) is 0 Å². The SMILES string of the molecule is CCC(SSC(CC)[Si](CC)(CC)CC)[Si](CC)(CC)CC. The zero-order valence-electron chi connectivity index (χ0n) is 16.6. The Morgan fingerprint density at radius 1 is 0.500 bits per heavy atom. The predicted octanol–water partition coefficient (Wildman–Crippen LogP) is 8.02. The van der Waals surface area contributed by atoms with Crippen LogP contribution in [0.2, 0.25) is 36.3 Å². The summed E-state index contributed by atoms with van der Waals surface area (Å²) in [4.78, 5) is 1.92. The van der Waals surface area contributed by atoms with Crippen molar-refractivity contribution in [2.45, 2.75) is 114 Å². The highest BCUT2D eigenvalue weighted by Gasteiger charge is 2.39. The van der Waals surface area contributed by atoms with Crippen molar-refractivity contribution >= 4 is 37.7 Å². The standard InChI is InChI=1S/C18H42S2Si2/c1-9-17(21(11-3,12-4)13-5)19-20-18(10-2)22(14-6,15-7)16-8/h17-18H,9-16H2,1-8H3. The summed E-state index contributed by atoms with van der Waals surface area (Å²) < 4.78 is 0. The van der Waals surface area contributed by atoms with E-state index in [-0.39, 0.29) is 0 Å². The van der Waals surface area contributed by atoms with E-state index in [4.69, 9.17) is 0 Å². The molecule has 0 bridgehead atoms. The molecule has 0 aliphatic heterocycles. The molecule has 0 aliphatic carbocycles. The van der Waals surface area contributed by atoms with Gasteiger partial charge in [-0.3, -0.25) is 0 Å². The van der Waals surface area contributed by atoms with E-state index in [0.717, 1.165) is 9.75 Å². The van der Waals surface area contributed by atoms with E-state index in [1.807, 2.05) is 0 Å². The third kappa shape index (κ3) is 5.32. The fourth-order valence-corrected chi connectivity index (χ4v) is 23.1. The molecule has 0 aromatic carbocycles. The summed E-state index contributed by atoms with van der Waals surface area (Å²) in [5, 5.41) is 0. The quantitative estimate of drug-likeness (QED) is 0.235. The summed E-state index contributed by atoms with van der Waals surface area (Å²) >= 11 is 0. The van der Waals surface area contributed by atoms with Crippen molar-refractivity contribution in [3.63, 3.8) is 0 Å². The molecule has 0 saturated carbocycles. The van der Waals surface area contributed by atoms with Gasteiger partial charge < -0.3 is 0 Å². The molecule has 4 heteroatoms. The normalized spacial score (nSPS) is 15.8. The Bertz CT molecular complexity index is 232. The van der Waals surface area contributed by atoms with Gasteiger partial charge in [0.25, 0.3) is 0 Å². The second kappa shape index (κ2) is 11.6. The van der Waals surface area contributed by atoms with Crippen molar-refractivity contribution in [3.05, 3.63) is 0 Å². The maximum atomic E-state index is 2.47. The van der Waals surface area contributed by atoms with E-state index in [0.29, 0.717) is 0 Å². The highest BCUT2D eigenvalue weighted by atomic mass is 33.1. The number of hydrogen-bond acceptors (Lipinski definition) is 2. The maximum Gasteiger partial charge on any atom is 0.0681 e. The molecule has 0 aromatic rings. The highest BCUT2D eigenvalue weighted by molar-refractivity contribution is 8.77. The van der Waals surface area contributed by atoms with Crippen molar-refractivity contribution in [3.8, 4) is 0 Å². The minimum atomic E-state index is -1.06. The summed E-state index contributed by atoms with van der Waals surface area (Å²) in [7, 11) is 2.52. The molecular weight excluding hydrogens is 337 g/mol. The molecule has 0 N–H and O–H groups in total. The molecule has 0 fully saturated rings.